The molecule has 1 aromatic heterocycles. The third-order valence-corrected chi connectivity index (χ3v) is 3.98. The number of hydrogen-bond donors (Lipinski definition) is 1. The van der Waals surface area contributed by atoms with E-state index in [0.717, 1.165) is 28.3 Å². The maximum Gasteiger partial charge on any atom is 0.255 e. The number of amides is 1. The number of benzene rings is 2. The van der Waals surface area contributed by atoms with E-state index in [9.17, 15) is 4.79 Å². The summed E-state index contributed by atoms with van der Waals surface area (Å²) in [7, 11) is 0. The zero-order valence-electron chi connectivity index (χ0n) is 14.0. The molecule has 0 unspecified atom stereocenters. The van der Waals surface area contributed by atoms with Gasteiger partial charge in [-0.3, -0.25) is 4.79 Å². The minimum Gasteiger partial charge on any atom is -0.322 e. The van der Waals surface area contributed by atoms with Crippen LogP contribution < -0.4 is 5.32 Å². The number of nitrogens with zero attached hydrogens (tertiary/aromatic N) is 2. The van der Waals surface area contributed by atoms with Crippen molar-refractivity contribution in [3.05, 3.63) is 77.2 Å². The molecule has 1 heterocycles. The molecule has 24 heavy (non-hydrogen) atoms. The lowest BCUT2D eigenvalue weighted by Crippen LogP contribution is -2.12. The molecule has 1 N–H and O–H groups in total. The molecule has 1 amide bonds. The zero-order valence-corrected chi connectivity index (χ0v) is 14.0. The van der Waals surface area contributed by atoms with Gasteiger partial charge in [0.1, 0.15) is 5.82 Å². The van der Waals surface area contributed by atoms with Gasteiger partial charge in [0, 0.05) is 23.0 Å². The van der Waals surface area contributed by atoms with Crippen LogP contribution in [0.1, 0.15) is 27.3 Å². The van der Waals surface area contributed by atoms with Crippen molar-refractivity contribution in [2.45, 2.75) is 20.8 Å². The Morgan fingerprint density at radius 1 is 0.917 bits per heavy atom. The van der Waals surface area contributed by atoms with Crippen molar-refractivity contribution in [1.82, 2.24) is 9.97 Å². The standard InChI is InChI=1S/C20H19N3O/c1-13-4-5-17(12-14(13)2)20(24)23-18-8-6-16(7-9-18)19-10-11-21-15(3)22-19/h4-12H,1-3H3,(H,23,24). The van der Waals surface area contributed by atoms with Crippen LogP contribution in [0.4, 0.5) is 5.69 Å². The average Bonchev–Trinajstić information content (AvgIpc) is 2.58. The van der Waals surface area contributed by atoms with Gasteiger partial charge in [0.25, 0.3) is 5.91 Å². The molecule has 0 bridgehead atoms. The van der Waals surface area contributed by atoms with Gasteiger partial charge in [-0.1, -0.05) is 18.2 Å². The van der Waals surface area contributed by atoms with Gasteiger partial charge in [0.15, 0.2) is 0 Å². The molecular weight excluding hydrogens is 298 g/mol. The van der Waals surface area contributed by atoms with Gasteiger partial charge in [-0.2, -0.15) is 0 Å². The molecule has 120 valence electrons. The number of aromatic nitrogens is 2. The van der Waals surface area contributed by atoms with Crippen molar-refractivity contribution in [2.24, 2.45) is 0 Å². The second kappa shape index (κ2) is 6.62. The topological polar surface area (TPSA) is 54.9 Å². The highest BCUT2D eigenvalue weighted by atomic mass is 16.1. The average molecular weight is 317 g/mol. The summed E-state index contributed by atoms with van der Waals surface area (Å²) in [6.45, 7) is 5.90. The van der Waals surface area contributed by atoms with Crippen LogP contribution in [0.5, 0.6) is 0 Å². The molecule has 2 aromatic carbocycles. The van der Waals surface area contributed by atoms with Crippen LogP contribution in [0, 0.1) is 20.8 Å². The maximum atomic E-state index is 12.3. The first-order chi connectivity index (χ1) is 11.5. The Morgan fingerprint density at radius 3 is 2.33 bits per heavy atom. The van der Waals surface area contributed by atoms with E-state index in [-0.39, 0.29) is 5.91 Å². The Labute approximate surface area is 141 Å². The molecule has 3 rings (SSSR count). The number of anilines is 1. The number of nitrogens with one attached hydrogen (secondary N) is 1. The fourth-order valence-electron chi connectivity index (χ4n) is 2.43. The fourth-order valence-corrected chi connectivity index (χ4v) is 2.43. The largest absolute Gasteiger partial charge is 0.322 e. The summed E-state index contributed by atoms with van der Waals surface area (Å²) in [4.78, 5) is 20.8. The quantitative estimate of drug-likeness (QED) is 0.782. The molecule has 0 fully saturated rings. The molecule has 0 aliphatic heterocycles. The lowest BCUT2D eigenvalue weighted by atomic mass is 10.1. The molecule has 0 aliphatic carbocycles. The Hall–Kier alpha value is -3.01. The normalized spacial score (nSPS) is 10.5. The van der Waals surface area contributed by atoms with Crippen LogP contribution in [0.3, 0.4) is 0 Å². The van der Waals surface area contributed by atoms with E-state index in [1.165, 1.54) is 5.56 Å². The first-order valence-electron chi connectivity index (χ1n) is 7.81. The SMILES string of the molecule is Cc1nccc(-c2ccc(NC(=O)c3ccc(C)c(C)c3)cc2)n1. The van der Waals surface area contributed by atoms with Gasteiger partial charge in [0.2, 0.25) is 0 Å². The molecule has 0 radical (unpaired) electrons. The van der Waals surface area contributed by atoms with Crippen molar-refractivity contribution in [3.8, 4) is 11.3 Å². The summed E-state index contributed by atoms with van der Waals surface area (Å²) < 4.78 is 0. The van der Waals surface area contributed by atoms with Gasteiger partial charge in [-0.25, -0.2) is 9.97 Å². The zero-order chi connectivity index (χ0) is 17.1. The van der Waals surface area contributed by atoms with Gasteiger partial charge < -0.3 is 5.32 Å². The molecule has 0 saturated heterocycles. The molecule has 0 aliphatic rings. The number of carbonyl (C=O) groups is 1. The van der Waals surface area contributed by atoms with Crippen molar-refractivity contribution < 1.29 is 4.79 Å². The molecule has 3 aromatic rings. The minimum atomic E-state index is -0.108. The number of aryl methyl sites for hydroxylation is 3. The van der Waals surface area contributed by atoms with Crippen LogP contribution in [0.25, 0.3) is 11.3 Å². The molecular formula is C20H19N3O. The Bertz CT molecular complexity index is 886. The third-order valence-electron chi connectivity index (χ3n) is 3.98. The van der Waals surface area contributed by atoms with Gasteiger partial charge in [0.05, 0.1) is 5.69 Å². The number of rotatable bonds is 3. The summed E-state index contributed by atoms with van der Waals surface area (Å²) >= 11 is 0. The van der Waals surface area contributed by atoms with E-state index in [1.807, 2.05) is 69.3 Å². The second-order valence-electron chi connectivity index (χ2n) is 5.82. The predicted octanol–water partition coefficient (Wildman–Crippen LogP) is 4.32. The summed E-state index contributed by atoms with van der Waals surface area (Å²) in [5.41, 5.74) is 5.56. The van der Waals surface area contributed by atoms with Crippen LogP contribution in [-0.4, -0.2) is 15.9 Å². The van der Waals surface area contributed by atoms with Crippen LogP contribution in [-0.2, 0) is 0 Å². The van der Waals surface area contributed by atoms with Crippen molar-refractivity contribution >= 4 is 11.6 Å². The van der Waals surface area contributed by atoms with E-state index in [0.29, 0.717) is 5.56 Å². The minimum absolute atomic E-state index is 0.108. The summed E-state index contributed by atoms with van der Waals surface area (Å²) in [6, 6.07) is 15.2. The monoisotopic (exact) mass is 317 g/mol. The molecule has 0 saturated carbocycles. The maximum absolute atomic E-state index is 12.3. The second-order valence-corrected chi connectivity index (χ2v) is 5.82. The Kier molecular flexibility index (Phi) is 4.38. The van der Waals surface area contributed by atoms with Crippen molar-refractivity contribution in [2.75, 3.05) is 5.32 Å². The lowest BCUT2D eigenvalue weighted by Gasteiger charge is -2.08. The van der Waals surface area contributed by atoms with E-state index in [2.05, 4.69) is 15.3 Å². The Balaban J connectivity index is 1.76. The molecule has 4 nitrogen and oxygen atoms in total. The van der Waals surface area contributed by atoms with Crippen LogP contribution in [0.2, 0.25) is 0 Å². The van der Waals surface area contributed by atoms with E-state index < -0.39 is 0 Å². The van der Waals surface area contributed by atoms with Crippen molar-refractivity contribution in [1.29, 1.82) is 0 Å². The smallest absolute Gasteiger partial charge is 0.255 e. The summed E-state index contributed by atoms with van der Waals surface area (Å²) in [5.74, 6) is 0.628. The van der Waals surface area contributed by atoms with E-state index >= 15 is 0 Å². The predicted molar refractivity (Wildman–Crippen MR) is 96.1 cm³/mol. The van der Waals surface area contributed by atoms with Gasteiger partial charge in [-0.05, 0) is 62.2 Å². The lowest BCUT2D eigenvalue weighted by molar-refractivity contribution is 0.102. The van der Waals surface area contributed by atoms with Crippen molar-refractivity contribution in [3.63, 3.8) is 0 Å². The van der Waals surface area contributed by atoms with E-state index in [1.54, 1.807) is 6.20 Å². The first-order valence-corrected chi connectivity index (χ1v) is 7.81. The summed E-state index contributed by atoms with van der Waals surface area (Å²) in [5, 5.41) is 2.92. The molecule has 0 atom stereocenters. The fraction of sp³-hybridized carbons (Fsp3) is 0.150. The Morgan fingerprint density at radius 2 is 1.67 bits per heavy atom. The highest BCUT2D eigenvalue weighted by molar-refractivity contribution is 6.04. The number of hydrogen-bond acceptors (Lipinski definition) is 3. The molecule has 4 heteroatoms. The highest BCUT2D eigenvalue weighted by Crippen LogP contribution is 2.20. The third kappa shape index (κ3) is 3.49. The molecule has 0 spiro atoms. The van der Waals surface area contributed by atoms with Gasteiger partial charge in [-0.15, -0.1) is 0 Å². The van der Waals surface area contributed by atoms with E-state index in [4.69, 9.17) is 0 Å². The first kappa shape index (κ1) is 15.9. The summed E-state index contributed by atoms with van der Waals surface area (Å²) in [6.07, 6.45) is 1.74. The van der Waals surface area contributed by atoms with Gasteiger partial charge >= 0.3 is 0 Å². The van der Waals surface area contributed by atoms with Crippen LogP contribution in [0.15, 0.2) is 54.7 Å². The number of carbonyl (C=O) groups excluding carboxylic acids is 1. The van der Waals surface area contributed by atoms with Crippen LogP contribution >= 0.6 is 0 Å². The highest BCUT2D eigenvalue weighted by Gasteiger charge is 2.08.